The zero-order chi connectivity index (χ0) is 14.8. The molecule has 4 nitrogen and oxygen atoms in total. The number of imidazole rings is 1. The maximum atomic E-state index is 6.32. The molecule has 0 spiro atoms. The Bertz CT molecular complexity index is 614. The lowest BCUT2D eigenvalue weighted by Gasteiger charge is -2.26. The van der Waals surface area contributed by atoms with Crippen LogP contribution in [-0.4, -0.2) is 39.1 Å². The van der Waals surface area contributed by atoms with Crippen LogP contribution in [0.4, 0.5) is 0 Å². The molecule has 0 bridgehead atoms. The summed E-state index contributed by atoms with van der Waals surface area (Å²) in [5.41, 5.74) is 2.94. The molecule has 1 atom stereocenters. The van der Waals surface area contributed by atoms with Crippen molar-refractivity contribution in [2.24, 2.45) is 0 Å². The number of nitrogens with zero attached hydrogens (tertiary/aromatic N) is 4. The van der Waals surface area contributed by atoms with Gasteiger partial charge in [0.2, 0.25) is 0 Å². The van der Waals surface area contributed by atoms with E-state index in [-0.39, 0.29) is 5.38 Å². The second kappa shape index (κ2) is 6.32. The van der Waals surface area contributed by atoms with Gasteiger partial charge in [0.1, 0.15) is 11.3 Å². The van der Waals surface area contributed by atoms with Crippen LogP contribution in [-0.2, 0) is 6.54 Å². The van der Waals surface area contributed by atoms with Crippen LogP contribution in [0.3, 0.4) is 0 Å². The fraction of sp³-hybridized carbons (Fsp3) is 0.625. The zero-order valence-electron chi connectivity index (χ0n) is 12.8. The summed E-state index contributed by atoms with van der Waals surface area (Å²) in [5, 5.41) is -0.0964. The molecule has 0 aromatic carbocycles. The second-order valence-electron chi connectivity index (χ2n) is 5.94. The third-order valence-corrected chi connectivity index (χ3v) is 4.40. The molecule has 114 valence electrons. The minimum atomic E-state index is -0.0964. The standard InChI is InChI=1S/C16H23ClN4/c1-12-6-7-14-16(18-12)21(15(19-14)13(2)17)11-10-20-8-4-3-5-9-20/h6-7,13H,3-5,8-11H2,1-2H3. The van der Waals surface area contributed by atoms with E-state index in [1.54, 1.807) is 0 Å². The van der Waals surface area contributed by atoms with Crippen molar-refractivity contribution in [3.05, 3.63) is 23.7 Å². The van der Waals surface area contributed by atoms with Crippen molar-refractivity contribution in [1.29, 1.82) is 0 Å². The number of fused-ring (bicyclic) bond motifs is 1. The van der Waals surface area contributed by atoms with Crippen LogP contribution in [0, 0.1) is 6.92 Å². The molecule has 1 aliphatic rings. The molecule has 3 heterocycles. The Kier molecular flexibility index (Phi) is 4.45. The number of alkyl halides is 1. The Morgan fingerprint density at radius 2 is 1.90 bits per heavy atom. The van der Waals surface area contributed by atoms with Crippen LogP contribution in [0.25, 0.3) is 11.2 Å². The Labute approximate surface area is 131 Å². The first-order valence-electron chi connectivity index (χ1n) is 7.85. The van der Waals surface area contributed by atoms with Crippen LogP contribution in [0.5, 0.6) is 0 Å². The molecule has 21 heavy (non-hydrogen) atoms. The highest BCUT2D eigenvalue weighted by Crippen LogP contribution is 2.24. The summed E-state index contributed by atoms with van der Waals surface area (Å²) in [4.78, 5) is 11.9. The first kappa shape index (κ1) is 14.8. The summed E-state index contributed by atoms with van der Waals surface area (Å²) in [6, 6.07) is 4.05. The van der Waals surface area contributed by atoms with Gasteiger partial charge in [-0.2, -0.15) is 0 Å². The third-order valence-electron chi connectivity index (χ3n) is 4.21. The average Bonchev–Trinajstić information content (AvgIpc) is 2.84. The highest BCUT2D eigenvalue weighted by molar-refractivity contribution is 6.20. The number of aromatic nitrogens is 3. The van der Waals surface area contributed by atoms with Gasteiger partial charge in [0, 0.05) is 18.8 Å². The van der Waals surface area contributed by atoms with E-state index in [0.29, 0.717) is 0 Å². The minimum absolute atomic E-state index is 0.0964. The molecule has 2 aromatic rings. The number of rotatable bonds is 4. The highest BCUT2D eigenvalue weighted by Gasteiger charge is 2.17. The predicted molar refractivity (Wildman–Crippen MR) is 86.8 cm³/mol. The SMILES string of the molecule is Cc1ccc2nc(C(C)Cl)n(CCN3CCCCC3)c2n1. The lowest BCUT2D eigenvalue weighted by molar-refractivity contribution is 0.221. The summed E-state index contributed by atoms with van der Waals surface area (Å²) >= 11 is 6.32. The summed E-state index contributed by atoms with van der Waals surface area (Å²) in [5.74, 6) is 0.932. The number of piperidine rings is 1. The van der Waals surface area contributed by atoms with Gasteiger partial charge in [-0.1, -0.05) is 6.42 Å². The largest absolute Gasteiger partial charge is 0.310 e. The van der Waals surface area contributed by atoms with Gasteiger partial charge < -0.3 is 9.47 Å². The first-order chi connectivity index (χ1) is 10.1. The highest BCUT2D eigenvalue weighted by atomic mass is 35.5. The fourth-order valence-corrected chi connectivity index (χ4v) is 3.23. The molecule has 1 unspecified atom stereocenters. The van der Waals surface area contributed by atoms with Crippen molar-refractivity contribution in [2.75, 3.05) is 19.6 Å². The first-order valence-corrected chi connectivity index (χ1v) is 8.29. The molecule has 1 aliphatic heterocycles. The molecular formula is C16H23ClN4. The predicted octanol–water partition coefficient (Wildman–Crippen LogP) is 3.53. The summed E-state index contributed by atoms with van der Waals surface area (Å²) in [6.07, 6.45) is 4.01. The van der Waals surface area contributed by atoms with Gasteiger partial charge in [0.05, 0.1) is 5.38 Å². The molecule has 0 amide bonds. The van der Waals surface area contributed by atoms with E-state index in [0.717, 1.165) is 35.8 Å². The van der Waals surface area contributed by atoms with Gasteiger partial charge in [0.25, 0.3) is 0 Å². The van der Waals surface area contributed by atoms with Gasteiger partial charge in [-0.05, 0) is 51.9 Å². The van der Waals surface area contributed by atoms with Crippen molar-refractivity contribution < 1.29 is 0 Å². The molecule has 5 heteroatoms. The van der Waals surface area contributed by atoms with Crippen molar-refractivity contribution in [3.63, 3.8) is 0 Å². The molecule has 0 radical (unpaired) electrons. The topological polar surface area (TPSA) is 34.0 Å². The van der Waals surface area contributed by atoms with Crippen LogP contribution >= 0.6 is 11.6 Å². The number of hydrogen-bond donors (Lipinski definition) is 0. The smallest absolute Gasteiger partial charge is 0.160 e. The summed E-state index contributed by atoms with van der Waals surface area (Å²) in [6.45, 7) is 8.39. The normalized spacial score (nSPS) is 18.2. The van der Waals surface area contributed by atoms with E-state index in [2.05, 4.69) is 19.4 Å². The van der Waals surface area contributed by atoms with Crippen molar-refractivity contribution >= 4 is 22.8 Å². The fourth-order valence-electron chi connectivity index (χ4n) is 3.06. The second-order valence-corrected chi connectivity index (χ2v) is 6.59. The van der Waals surface area contributed by atoms with Crippen LogP contribution in [0.15, 0.2) is 12.1 Å². The molecule has 3 rings (SSSR count). The Hall–Kier alpha value is -1.13. The summed E-state index contributed by atoms with van der Waals surface area (Å²) in [7, 11) is 0. The van der Waals surface area contributed by atoms with E-state index < -0.39 is 0 Å². The molecular weight excluding hydrogens is 284 g/mol. The number of pyridine rings is 1. The van der Waals surface area contributed by atoms with Crippen molar-refractivity contribution in [1.82, 2.24) is 19.4 Å². The Morgan fingerprint density at radius 3 is 2.62 bits per heavy atom. The van der Waals surface area contributed by atoms with E-state index in [4.69, 9.17) is 11.6 Å². The third kappa shape index (κ3) is 3.22. The van der Waals surface area contributed by atoms with Gasteiger partial charge in [-0.25, -0.2) is 9.97 Å². The number of aryl methyl sites for hydroxylation is 1. The Balaban J connectivity index is 1.87. The monoisotopic (exact) mass is 306 g/mol. The Morgan fingerprint density at radius 1 is 1.14 bits per heavy atom. The summed E-state index contributed by atoms with van der Waals surface area (Å²) < 4.78 is 2.20. The number of likely N-dealkylation sites (tertiary alicyclic amines) is 1. The van der Waals surface area contributed by atoms with Crippen LogP contribution in [0.2, 0.25) is 0 Å². The van der Waals surface area contributed by atoms with Crippen LogP contribution < -0.4 is 0 Å². The molecule has 0 N–H and O–H groups in total. The van der Waals surface area contributed by atoms with Crippen LogP contribution in [0.1, 0.15) is 43.1 Å². The molecule has 0 aliphatic carbocycles. The average molecular weight is 307 g/mol. The minimum Gasteiger partial charge on any atom is -0.310 e. The molecule has 0 saturated carbocycles. The van der Waals surface area contributed by atoms with Crippen molar-refractivity contribution in [2.45, 2.75) is 45.0 Å². The van der Waals surface area contributed by atoms with Crippen molar-refractivity contribution in [3.8, 4) is 0 Å². The maximum Gasteiger partial charge on any atom is 0.160 e. The lowest BCUT2D eigenvalue weighted by atomic mass is 10.1. The quantitative estimate of drug-likeness (QED) is 0.810. The molecule has 1 saturated heterocycles. The number of hydrogen-bond acceptors (Lipinski definition) is 3. The lowest BCUT2D eigenvalue weighted by Crippen LogP contribution is -2.32. The van der Waals surface area contributed by atoms with Gasteiger partial charge in [-0.15, -0.1) is 11.6 Å². The van der Waals surface area contributed by atoms with E-state index in [9.17, 15) is 0 Å². The van der Waals surface area contributed by atoms with E-state index in [1.807, 2.05) is 26.0 Å². The van der Waals surface area contributed by atoms with E-state index >= 15 is 0 Å². The van der Waals surface area contributed by atoms with Gasteiger partial charge in [0.15, 0.2) is 5.65 Å². The van der Waals surface area contributed by atoms with Gasteiger partial charge >= 0.3 is 0 Å². The van der Waals surface area contributed by atoms with E-state index in [1.165, 1.54) is 32.4 Å². The molecule has 2 aromatic heterocycles. The van der Waals surface area contributed by atoms with Gasteiger partial charge in [-0.3, -0.25) is 0 Å². The zero-order valence-corrected chi connectivity index (χ0v) is 13.6. The molecule has 1 fully saturated rings. The number of halogens is 1. The maximum absolute atomic E-state index is 6.32.